The Labute approximate surface area is 364 Å². The molecule has 334 valence electrons. The first-order valence-corrected chi connectivity index (χ1v) is 20.9. The van der Waals surface area contributed by atoms with Gasteiger partial charge in [0, 0.05) is 42.0 Å². The van der Waals surface area contributed by atoms with Crippen LogP contribution >= 0.6 is 0 Å². The Bertz CT molecular complexity index is 2180. The Morgan fingerprint density at radius 3 is 1.45 bits per heavy atom. The summed E-state index contributed by atoms with van der Waals surface area (Å²) in [7, 11) is 0. The number of nitrogens with zero attached hydrogens (tertiary/aromatic N) is 3. The van der Waals surface area contributed by atoms with Gasteiger partial charge < -0.3 is 34.9 Å². The summed E-state index contributed by atoms with van der Waals surface area (Å²) in [5, 5.41) is 33.7. The van der Waals surface area contributed by atoms with Crippen molar-refractivity contribution >= 4 is 23.6 Å². The van der Waals surface area contributed by atoms with Crippen molar-refractivity contribution < 1.29 is 43.7 Å². The van der Waals surface area contributed by atoms with Crippen molar-refractivity contribution in [1.82, 2.24) is 9.80 Å². The van der Waals surface area contributed by atoms with Gasteiger partial charge >= 0.3 is 12.2 Å². The largest absolute Gasteiger partial charge is 0.485 e. The molecule has 0 aromatic heterocycles. The summed E-state index contributed by atoms with van der Waals surface area (Å²) in [6.45, 7) is 18.5. The number of fused-ring (bicyclic) bond motifs is 2. The standard InChI is InChI=1S/C24H30N2O6.C24H32N2O4/c1-23(2,3)32-22(28)25(14-13-16-9-7-6-8-10-16)20-18-12-11-17(26(29)30)15-19(18)31-24(4,5)21(20)27;1-23(2,3)30-22(28)26(14-13-16-9-7-6-8-10-16)20-18-12-11-17(25)15-19(18)29-24(4,5)21(20)27/h6-12,15,20-21,27H,13-14H2,1-5H3;6-12,15,20-21,27H,13-14,25H2,1-5H3/t2*20-,21+/m00/s1. The zero-order chi connectivity index (χ0) is 45.8. The van der Waals surface area contributed by atoms with Crippen molar-refractivity contribution in [1.29, 1.82) is 0 Å². The first-order valence-electron chi connectivity index (χ1n) is 20.9. The molecule has 4 aromatic rings. The SMILES string of the molecule is CC(C)(C)OC(=O)N(CCc1ccccc1)[C@H]1c2ccc(N)cc2OC(C)(C)[C@@H]1O.CC(C)(C)OC(=O)N(CCc1ccccc1)[C@H]1c2ccc([N+](=O)[O-])cc2OC(C)(C)[C@@H]1O. The van der Waals surface area contributed by atoms with Crippen molar-refractivity contribution in [2.45, 2.75) is 129 Å². The number of carbonyl (C=O) groups excluding carboxylic acids is 2. The molecule has 0 bridgehead atoms. The van der Waals surface area contributed by atoms with Crippen LogP contribution in [0.5, 0.6) is 11.5 Å². The number of anilines is 1. The van der Waals surface area contributed by atoms with E-state index in [1.807, 2.05) is 87.5 Å². The summed E-state index contributed by atoms with van der Waals surface area (Å²) < 4.78 is 23.3. The molecular formula is C48H62N4O10. The second-order valence-corrected chi connectivity index (χ2v) is 18.8. The molecule has 14 nitrogen and oxygen atoms in total. The molecule has 62 heavy (non-hydrogen) atoms. The number of hydrogen-bond donors (Lipinski definition) is 3. The van der Waals surface area contributed by atoms with Gasteiger partial charge in [-0.15, -0.1) is 0 Å². The van der Waals surface area contributed by atoms with E-state index < -0.39 is 63.8 Å². The maximum atomic E-state index is 13.3. The van der Waals surface area contributed by atoms with Gasteiger partial charge in [-0.3, -0.25) is 19.9 Å². The molecule has 14 heteroatoms. The molecule has 4 aromatic carbocycles. The Morgan fingerprint density at radius 1 is 0.677 bits per heavy atom. The highest BCUT2D eigenvalue weighted by Crippen LogP contribution is 2.46. The molecule has 2 aliphatic rings. The molecule has 2 heterocycles. The minimum absolute atomic E-state index is 0.122. The van der Waals surface area contributed by atoms with Gasteiger partial charge in [-0.25, -0.2) is 9.59 Å². The lowest BCUT2D eigenvalue weighted by Crippen LogP contribution is -2.55. The van der Waals surface area contributed by atoms with Crippen LogP contribution in [0.4, 0.5) is 21.0 Å². The number of benzene rings is 4. The second kappa shape index (κ2) is 18.6. The minimum atomic E-state index is -1.08. The van der Waals surface area contributed by atoms with Gasteiger partial charge in [-0.1, -0.05) is 66.7 Å². The summed E-state index contributed by atoms with van der Waals surface area (Å²) in [5.41, 5.74) is 6.38. The van der Waals surface area contributed by atoms with Crippen molar-refractivity contribution in [3.05, 3.63) is 129 Å². The van der Waals surface area contributed by atoms with Gasteiger partial charge in [0.1, 0.15) is 46.1 Å². The zero-order valence-electron chi connectivity index (χ0n) is 37.5. The number of nitrogen functional groups attached to an aromatic ring is 1. The number of nitrogens with two attached hydrogens (primary N) is 1. The lowest BCUT2D eigenvalue weighted by molar-refractivity contribution is -0.385. The first-order chi connectivity index (χ1) is 28.9. The molecule has 6 rings (SSSR count). The number of aliphatic hydroxyl groups is 2. The van der Waals surface area contributed by atoms with Gasteiger partial charge in [0.25, 0.3) is 5.69 Å². The van der Waals surface area contributed by atoms with Crippen LogP contribution < -0.4 is 15.2 Å². The maximum absolute atomic E-state index is 13.3. The van der Waals surface area contributed by atoms with E-state index >= 15 is 0 Å². The van der Waals surface area contributed by atoms with Gasteiger partial charge in [0.05, 0.1) is 23.1 Å². The van der Waals surface area contributed by atoms with Crippen molar-refractivity contribution in [3.63, 3.8) is 0 Å². The lowest BCUT2D eigenvalue weighted by Gasteiger charge is -2.46. The number of non-ortho nitro benzene ring substituents is 1. The van der Waals surface area contributed by atoms with Crippen LogP contribution in [0.25, 0.3) is 0 Å². The second-order valence-electron chi connectivity index (χ2n) is 18.8. The number of hydrogen-bond acceptors (Lipinski definition) is 11. The van der Waals surface area contributed by atoms with Crippen LogP contribution in [0.15, 0.2) is 97.1 Å². The summed E-state index contributed by atoms with van der Waals surface area (Å²) in [5.74, 6) is 0.844. The molecule has 0 saturated heterocycles. The predicted octanol–water partition coefficient (Wildman–Crippen LogP) is 8.97. The Kier molecular flexibility index (Phi) is 14.2. The van der Waals surface area contributed by atoms with E-state index in [0.717, 1.165) is 16.7 Å². The van der Waals surface area contributed by atoms with Crippen molar-refractivity contribution in [2.75, 3.05) is 18.8 Å². The molecule has 0 radical (unpaired) electrons. The Hall–Kier alpha value is -5.86. The maximum Gasteiger partial charge on any atom is 0.410 e. The summed E-state index contributed by atoms with van der Waals surface area (Å²) in [6.07, 6.45) is -1.89. The van der Waals surface area contributed by atoms with Gasteiger partial charge in [0.15, 0.2) is 0 Å². The number of aliphatic hydroxyl groups excluding tert-OH is 2. The predicted molar refractivity (Wildman–Crippen MR) is 237 cm³/mol. The van der Waals surface area contributed by atoms with E-state index in [1.54, 1.807) is 65.5 Å². The third-order valence-corrected chi connectivity index (χ3v) is 10.5. The van der Waals surface area contributed by atoms with Crippen LogP contribution in [0.2, 0.25) is 0 Å². The van der Waals surface area contributed by atoms with Gasteiger partial charge in [0.2, 0.25) is 0 Å². The molecule has 4 N–H and O–H groups in total. The molecule has 0 saturated carbocycles. The number of ether oxygens (including phenoxy) is 4. The van der Waals surface area contributed by atoms with E-state index in [0.29, 0.717) is 36.4 Å². The van der Waals surface area contributed by atoms with Crippen LogP contribution in [0.1, 0.15) is 104 Å². The average Bonchev–Trinajstić information content (AvgIpc) is 3.17. The van der Waals surface area contributed by atoms with Crippen molar-refractivity contribution in [2.24, 2.45) is 0 Å². The van der Waals surface area contributed by atoms with Crippen LogP contribution in [-0.2, 0) is 22.3 Å². The fourth-order valence-electron chi connectivity index (χ4n) is 7.44. The van der Waals surface area contributed by atoms with E-state index in [-0.39, 0.29) is 18.0 Å². The fraction of sp³-hybridized carbons (Fsp3) is 0.458. The Morgan fingerprint density at radius 2 is 1.06 bits per heavy atom. The molecule has 0 spiro atoms. The van der Waals surface area contributed by atoms with Crippen LogP contribution in [0, 0.1) is 10.1 Å². The van der Waals surface area contributed by atoms with E-state index in [1.165, 1.54) is 23.1 Å². The smallest absolute Gasteiger partial charge is 0.410 e. The third kappa shape index (κ3) is 11.7. The highest BCUT2D eigenvalue weighted by atomic mass is 16.6. The van der Waals surface area contributed by atoms with Crippen molar-refractivity contribution in [3.8, 4) is 11.5 Å². The monoisotopic (exact) mass is 854 g/mol. The third-order valence-electron chi connectivity index (χ3n) is 10.5. The van der Waals surface area contributed by atoms with Gasteiger partial charge in [-0.05, 0) is 105 Å². The fourth-order valence-corrected chi connectivity index (χ4v) is 7.44. The molecule has 2 aliphatic heterocycles. The number of nitro benzene ring substituents is 1. The number of amides is 2. The minimum Gasteiger partial charge on any atom is -0.485 e. The van der Waals surface area contributed by atoms with E-state index in [4.69, 9.17) is 24.7 Å². The quantitative estimate of drug-likeness (QED) is 0.0829. The number of carbonyl (C=O) groups is 2. The zero-order valence-corrected chi connectivity index (χ0v) is 37.5. The normalized spacial score (nSPS) is 19.7. The number of nitro groups is 1. The van der Waals surface area contributed by atoms with Gasteiger partial charge in [-0.2, -0.15) is 0 Å². The number of rotatable bonds is 9. The first kappa shape index (κ1) is 47.2. The molecule has 2 amide bonds. The molecular weight excluding hydrogens is 793 g/mol. The topological polar surface area (TPSA) is 187 Å². The van der Waals surface area contributed by atoms with Crippen LogP contribution in [0.3, 0.4) is 0 Å². The average molecular weight is 855 g/mol. The summed E-state index contributed by atoms with van der Waals surface area (Å²) >= 11 is 0. The molecule has 0 unspecified atom stereocenters. The molecule has 0 fully saturated rings. The lowest BCUT2D eigenvalue weighted by atomic mass is 9.85. The highest BCUT2D eigenvalue weighted by molar-refractivity contribution is 5.70. The highest BCUT2D eigenvalue weighted by Gasteiger charge is 2.49. The Balaban J connectivity index is 0.000000235. The summed E-state index contributed by atoms with van der Waals surface area (Å²) in [4.78, 5) is 40.4. The van der Waals surface area contributed by atoms with Crippen LogP contribution in [-0.4, -0.2) is 84.8 Å². The summed E-state index contributed by atoms with van der Waals surface area (Å²) in [6, 6.07) is 27.7. The van der Waals surface area contributed by atoms with E-state index in [9.17, 15) is 29.9 Å². The van der Waals surface area contributed by atoms with E-state index in [2.05, 4.69) is 0 Å². The molecule has 4 atom stereocenters. The molecule has 0 aliphatic carbocycles.